The van der Waals surface area contributed by atoms with E-state index in [4.69, 9.17) is 11.2 Å². The number of hydrogen-bond acceptors (Lipinski definition) is 0. The third kappa shape index (κ3) is 2.34. The fourth-order valence-corrected chi connectivity index (χ4v) is 6.61. The molecule has 0 atom stereocenters. The molecule has 2 aromatic rings. The predicted molar refractivity (Wildman–Crippen MR) is 90.4 cm³/mol. The van der Waals surface area contributed by atoms with Gasteiger partial charge in [-0.25, -0.2) is 0 Å². The van der Waals surface area contributed by atoms with Gasteiger partial charge in [0.05, 0.1) is 0 Å². The lowest BCUT2D eigenvalue weighted by molar-refractivity contribution is 0.891. The SMILES string of the molecule is CCCc1c2c(c(CCC)p1Cl)Cc1ccccc1C2. The fraction of sp³-hybridized carbons (Fsp3) is 0.444. The van der Waals surface area contributed by atoms with Gasteiger partial charge in [0.1, 0.15) is 0 Å². The summed E-state index contributed by atoms with van der Waals surface area (Å²) in [6.45, 7) is 4.01. The van der Waals surface area contributed by atoms with Gasteiger partial charge in [0, 0.05) is 0 Å². The molecule has 1 aliphatic rings. The number of benzene rings is 1. The van der Waals surface area contributed by atoms with E-state index in [1.807, 2.05) is 0 Å². The predicted octanol–water partition coefficient (Wildman–Crippen LogP) is 6.08. The van der Waals surface area contributed by atoms with Crippen molar-refractivity contribution >= 4 is 18.1 Å². The van der Waals surface area contributed by atoms with Crippen LogP contribution in [0.1, 0.15) is 59.5 Å². The molecule has 106 valence electrons. The Labute approximate surface area is 128 Å². The standard InChI is InChI=1S/C18H22ClP/c1-3-7-17-15-11-13-9-5-6-10-14(13)12-16(15)18(8-4-2)20(17)19/h5-6,9-10H,3-4,7-8,11-12H2,1-2H3. The first-order valence-electron chi connectivity index (χ1n) is 7.73. The van der Waals surface area contributed by atoms with Gasteiger partial charge in [-0.15, -0.1) is 0 Å². The molecular formula is C18H22ClP. The molecule has 0 radical (unpaired) electrons. The highest BCUT2D eigenvalue weighted by Gasteiger charge is 2.25. The largest absolute Gasteiger partial charge is 0.0651 e. The van der Waals surface area contributed by atoms with Gasteiger partial charge in [0.2, 0.25) is 0 Å². The number of halogens is 1. The third-order valence-electron chi connectivity index (χ3n) is 4.36. The van der Waals surface area contributed by atoms with Crippen LogP contribution in [-0.2, 0) is 25.7 Å². The van der Waals surface area contributed by atoms with Crippen molar-refractivity contribution in [3.63, 3.8) is 0 Å². The van der Waals surface area contributed by atoms with Gasteiger partial charge in [0.25, 0.3) is 0 Å². The van der Waals surface area contributed by atoms with Crippen LogP contribution in [0.25, 0.3) is 0 Å². The molecule has 0 bridgehead atoms. The smallest absolute Gasteiger partial charge is 0.00134 e. The lowest BCUT2D eigenvalue weighted by atomic mass is 9.85. The Morgan fingerprint density at radius 2 is 1.35 bits per heavy atom. The van der Waals surface area contributed by atoms with E-state index in [1.165, 1.54) is 36.8 Å². The minimum atomic E-state index is -0.525. The van der Waals surface area contributed by atoms with Crippen molar-refractivity contribution in [2.24, 2.45) is 0 Å². The van der Waals surface area contributed by atoms with E-state index >= 15 is 0 Å². The summed E-state index contributed by atoms with van der Waals surface area (Å²) in [6, 6.07) is 8.91. The van der Waals surface area contributed by atoms with Crippen molar-refractivity contribution in [1.82, 2.24) is 0 Å². The first-order chi connectivity index (χ1) is 9.76. The van der Waals surface area contributed by atoms with E-state index in [1.54, 1.807) is 21.7 Å². The van der Waals surface area contributed by atoms with E-state index in [-0.39, 0.29) is 0 Å². The number of rotatable bonds is 4. The molecule has 1 aromatic carbocycles. The van der Waals surface area contributed by atoms with Crippen molar-refractivity contribution < 1.29 is 0 Å². The van der Waals surface area contributed by atoms with Crippen LogP contribution in [0.3, 0.4) is 0 Å². The molecule has 0 unspecified atom stereocenters. The topological polar surface area (TPSA) is 0 Å². The van der Waals surface area contributed by atoms with E-state index in [9.17, 15) is 0 Å². The molecule has 0 fully saturated rings. The highest BCUT2D eigenvalue weighted by Crippen LogP contribution is 2.52. The van der Waals surface area contributed by atoms with Crippen molar-refractivity contribution in [2.75, 3.05) is 0 Å². The highest BCUT2D eigenvalue weighted by atomic mass is 35.7. The Balaban J connectivity index is 2.11. The summed E-state index contributed by atoms with van der Waals surface area (Å²) in [4.78, 5) is 0. The molecule has 2 heteroatoms. The lowest BCUT2D eigenvalue weighted by Crippen LogP contribution is -2.07. The summed E-state index contributed by atoms with van der Waals surface area (Å²) in [6.07, 6.45) is 7.00. The minimum absolute atomic E-state index is 0.525. The zero-order chi connectivity index (χ0) is 14.1. The fourth-order valence-electron chi connectivity index (χ4n) is 3.42. The highest BCUT2D eigenvalue weighted by molar-refractivity contribution is 7.78. The van der Waals surface area contributed by atoms with Crippen LogP contribution in [0.15, 0.2) is 24.3 Å². The van der Waals surface area contributed by atoms with Gasteiger partial charge < -0.3 is 0 Å². The summed E-state index contributed by atoms with van der Waals surface area (Å²) in [5, 5.41) is 3.16. The maximum atomic E-state index is 6.87. The van der Waals surface area contributed by atoms with E-state index in [2.05, 4.69) is 38.1 Å². The second kappa shape index (κ2) is 5.96. The van der Waals surface area contributed by atoms with Crippen molar-refractivity contribution in [3.8, 4) is 0 Å². The summed E-state index contributed by atoms with van der Waals surface area (Å²) in [5.41, 5.74) is 6.24. The molecule has 1 aliphatic carbocycles. The van der Waals surface area contributed by atoms with Crippen molar-refractivity contribution in [1.29, 1.82) is 0 Å². The van der Waals surface area contributed by atoms with Crippen LogP contribution in [0.2, 0.25) is 0 Å². The monoisotopic (exact) mass is 304 g/mol. The Bertz CT molecular complexity index is 572. The molecule has 20 heavy (non-hydrogen) atoms. The van der Waals surface area contributed by atoms with Gasteiger partial charge in [-0.2, -0.15) is 0 Å². The Morgan fingerprint density at radius 3 is 1.75 bits per heavy atom. The van der Waals surface area contributed by atoms with Crippen LogP contribution >= 0.6 is 18.1 Å². The van der Waals surface area contributed by atoms with E-state index in [0.29, 0.717) is 0 Å². The van der Waals surface area contributed by atoms with E-state index in [0.717, 1.165) is 12.8 Å². The first kappa shape index (κ1) is 14.2. The molecule has 0 N–H and O–H groups in total. The lowest BCUT2D eigenvalue weighted by Gasteiger charge is -2.19. The molecule has 3 rings (SSSR count). The molecule has 0 spiro atoms. The normalized spacial score (nSPS) is 13.2. The number of hydrogen-bond donors (Lipinski definition) is 0. The minimum Gasteiger partial charge on any atom is -0.0651 e. The van der Waals surface area contributed by atoms with Gasteiger partial charge in [-0.05, 0) is 65.4 Å². The molecule has 0 amide bonds. The average molecular weight is 305 g/mol. The second-order valence-corrected chi connectivity index (χ2v) is 8.41. The third-order valence-corrected chi connectivity index (χ3v) is 7.52. The van der Waals surface area contributed by atoms with Crippen LogP contribution < -0.4 is 0 Å². The molecule has 0 saturated carbocycles. The Morgan fingerprint density at radius 1 is 0.900 bits per heavy atom. The summed E-state index contributed by atoms with van der Waals surface area (Å²) < 4.78 is 0. The maximum Gasteiger partial charge on any atom is -0.00134 e. The van der Waals surface area contributed by atoms with Crippen LogP contribution in [0.4, 0.5) is 0 Å². The maximum absolute atomic E-state index is 6.87. The summed E-state index contributed by atoms with van der Waals surface area (Å²) >= 11 is 6.87. The second-order valence-electron chi connectivity index (χ2n) is 5.75. The van der Waals surface area contributed by atoms with Gasteiger partial charge in [-0.1, -0.05) is 62.2 Å². The van der Waals surface area contributed by atoms with Gasteiger partial charge in [-0.3, -0.25) is 0 Å². The van der Waals surface area contributed by atoms with E-state index < -0.39 is 6.89 Å². The van der Waals surface area contributed by atoms with Gasteiger partial charge in [0.15, 0.2) is 0 Å². The molecule has 1 heterocycles. The number of fused-ring (bicyclic) bond motifs is 2. The Kier molecular flexibility index (Phi) is 4.24. The summed E-state index contributed by atoms with van der Waals surface area (Å²) in [5.74, 6) is 0. The molecule has 0 nitrogen and oxygen atoms in total. The molecular weight excluding hydrogens is 283 g/mol. The Hall–Kier alpha value is -0.710. The van der Waals surface area contributed by atoms with Crippen molar-refractivity contribution in [3.05, 3.63) is 57.1 Å². The first-order valence-corrected chi connectivity index (χ1v) is 9.98. The van der Waals surface area contributed by atoms with Crippen LogP contribution in [0, 0.1) is 0 Å². The quantitative estimate of drug-likeness (QED) is 0.548. The molecule has 1 aromatic heterocycles. The van der Waals surface area contributed by atoms with Crippen LogP contribution in [0.5, 0.6) is 0 Å². The molecule has 0 saturated heterocycles. The van der Waals surface area contributed by atoms with Gasteiger partial charge >= 0.3 is 0 Å². The van der Waals surface area contributed by atoms with Crippen LogP contribution in [-0.4, -0.2) is 0 Å². The zero-order valence-electron chi connectivity index (χ0n) is 12.4. The van der Waals surface area contributed by atoms with Crippen molar-refractivity contribution in [2.45, 2.75) is 52.4 Å². The molecule has 0 aliphatic heterocycles. The summed E-state index contributed by atoms with van der Waals surface area (Å²) in [7, 11) is 0. The average Bonchev–Trinajstić information content (AvgIpc) is 2.71. The zero-order valence-corrected chi connectivity index (χ0v) is 14.0.